The summed E-state index contributed by atoms with van der Waals surface area (Å²) in [5, 5.41) is 17.9. The van der Waals surface area contributed by atoms with E-state index in [9.17, 15) is 14.3 Å². The topological polar surface area (TPSA) is 64.3 Å². The van der Waals surface area contributed by atoms with Crippen molar-refractivity contribution < 1.29 is 14.3 Å². The van der Waals surface area contributed by atoms with Crippen molar-refractivity contribution in [3.8, 4) is 6.07 Å². The fraction of sp³-hybridized carbons (Fsp3) is 0.467. The van der Waals surface area contributed by atoms with Gasteiger partial charge in [0.1, 0.15) is 5.82 Å². The maximum absolute atomic E-state index is 13.9. The third-order valence-electron chi connectivity index (χ3n) is 4.53. The number of carboxylic acid groups (broad SMARTS) is 1. The van der Waals surface area contributed by atoms with Gasteiger partial charge in [0.15, 0.2) is 0 Å². The molecule has 2 aliphatic heterocycles. The van der Waals surface area contributed by atoms with Crippen molar-refractivity contribution in [2.75, 3.05) is 0 Å². The van der Waals surface area contributed by atoms with Gasteiger partial charge in [-0.3, -0.25) is 9.69 Å². The van der Waals surface area contributed by atoms with Gasteiger partial charge in [-0.2, -0.15) is 5.26 Å². The Morgan fingerprint density at radius 3 is 2.90 bits per heavy atom. The number of benzene rings is 1. The zero-order valence-electron chi connectivity index (χ0n) is 10.9. The summed E-state index contributed by atoms with van der Waals surface area (Å²) in [6, 6.07) is 6.64. The highest BCUT2D eigenvalue weighted by Crippen LogP contribution is 2.42. The second-order valence-electron chi connectivity index (χ2n) is 5.57. The number of halogens is 1. The summed E-state index contributed by atoms with van der Waals surface area (Å²) >= 11 is 0. The predicted molar refractivity (Wildman–Crippen MR) is 69.2 cm³/mol. The lowest BCUT2D eigenvalue weighted by molar-refractivity contribution is -0.142. The van der Waals surface area contributed by atoms with Crippen LogP contribution in [0, 0.1) is 23.1 Å². The van der Waals surface area contributed by atoms with Gasteiger partial charge in [-0.25, -0.2) is 4.39 Å². The molecule has 0 radical (unpaired) electrons. The number of carbonyl (C=O) groups is 1. The molecule has 0 amide bonds. The summed E-state index contributed by atoms with van der Waals surface area (Å²) in [7, 11) is 0. The highest BCUT2D eigenvalue weighted by Gasteiger charge is 2.49. The fourth-order valence-electron chi connectivity index (χ4n) is 3.55. The first-order valence-corrected chi connectivity index (χ1v) is 6.77. The van der Waals surface area contributed by atoms with E-state index in [1.165, 1.54) is 6.07 Å². The normalized spacial score (nSPS) is 28.5. The Balaban J connectivity index is 1.79. The van der Waals surface area contributed by atoms with E-state index in [2.05, 4.69) is 4.90 Å². The number of nitrogens with zero attached hydrogens (tertiary/aromatic N) is 2. The predicted octanol–water partition coefficient (Wildman–Crippen LogP) is 2.13. The number of fused-ring (bicyclic) bond motifs is 2. The molecule has 3 rings (SSSR count). The molecule has 1 N–H and O–H groups in total. The van der Waals surface area contributed by atoms with Crippen molar-refractivity contribution in [2.24, 2.45) is 5.92 Å². The maximum Gasteiger partial charge on any atom is 0.308 e. The van der Waals surface area contributed by atoms with Gasteiger partial charge in [-0.15, -0.1) is 0 Å². The second-order valence-corrected chi connectivity index (χ2v) is 5.57. The fourth-order valence-corrected chi connectivity index (χ4v) is 3.55. The highest BCUT2D eigenvalue weighted by molar-refractivity contribution is 5.71. The molecule has 0 aliphatic carbocycles. The summed E-state index contributed by atoms with van der Waals surface area (Å²) in [4.78, 5) is 13.3. The van der Waals surface area contributed by atoms with Crippen LogP contribution in [0.1, 0.15) is 30.4 Å². The summed E-state index contributed by atoms with van der Waals surface area (Å²) < 4.78 is 13.9. The Kier molecular flexibility index (Phi) is 3.19. The van der Waals surface area contributed by atoms with Crippen molar-refractivity contribution in [1.29, 1.82) is 5.26 Å². The van der Waals surface area contributed by atoms with Gasteiger partial charge in [0.05, 0.1) is 17.6 Å². The number of hydrogen-bond acceptors (Lipinski definition) is 3. The molecule has 2 saturated heterocycles. The molecule has 4 nitrogen and oxygen atoms in total. The molecule has 0 saturated carbocycles. The van der Waals surface area contributed by atoms with E-state index in [1.807, 2.05) is 6.07 Å². The van der Waals surface area contributed by atoms with E-state index in [4.69, 9.17) is 5.26 Å². The van der Waals surface area contributed by atoms with E-state index in [-0.39, 0.29) is 23.8 Å². The standard InChI is InChI=1S/C15H15FN2O2/c16-13-5-9(7-17)1-2-10(13)8-18-11-3-4-14(18)12(6-11)15(19)20/h1-2,5,11-12,14H,3-4,6,8H2,(H,19,20). The minimum Gasteiger partial charge on any atom is -0.481 e. The third kappa shape index (κ3) is 2.06. The van der Waals surface area contributed by atoms with Crippen LogP contribution in [0.5, 0.6) is 0 Å². The van der Waals surface area contributed by atoms with E-state index in [0.717, 1.165) is 12.8 Å². The van der Waals surface area contributed by atoms with Crippen LogP contribution in [0.3, 0.4) is 0 Å². The van der Waals surface area contributed by atoms with Crippen LogP contribution < -0.4 is 0 Å². The largest absolute Gasteiger partial charge is 0.481 e. The Morgan fingerprint density at radius 1 is 1.50 bits per heavy atom. The molecule has 2 heterocycles. The van der Waals surface area contributed by atoms with Crippen molar-refractivity contribution in [3.05, 3.63) is 35.1 Å². The molecule has 0 spiro atoms. The Bertz CT molecular complexity index is 596. The van der Waals surface area contributed by atoms with E-state index in [1.54, 1.807) is 12.1 Å². The minimum absolute atomic E-state index is 0.0209. The Hall–Kier alpha value is -1.93. The molecule has 3 atom stereocenters. The van der Waals surface area contributed by atoms with Crippen molar-refractivity contribution in [1.82, 2.24) is 4.90 Å². The molecule has 2 aliphatic rings. The van der Waals surface area contributed by atoms with Gasteiger partial charge in [0, 0.05) is 24.2 Å². The molecule has 104 valence electrons. The van der Waals surface area contributed by atoms with E-state index >= 15 is 0 Å². The molecule has 2 fully saturated rings. The molecule has 2 bridgehead atoms. The zero-order chi connectivity index (χ0) is 14.3. The van der Waals surface area contributed by atoms with Gasteiger partial charge in [0.2, 0.25) is 0 Å². The van der Waals surface area contributed by atoms with Gasteiger partial charge >= 0.3 is 5.97 Å². The van der Waals surface area contributed by atoms with Crippen LogP contribution in [-0.4, -0.2) is 28.1 Å². The lowest BCUT2D eigenvalue weighted by Crippen LogP contribution is -2.32. The average molecular weight is 274 g/mol. The number of aliphatic carboxylic acids is 1. The van der Waals surface area contributed by atoms with Crippen LogP contribution in [0.2, 0.25) is 0 Å². The molecular weight excluding hydrogens is 259 g/mol. The van der Waals surface area contributed by atoms with Crippen LogP contribution in [-0.2, 0) is 11.3 Å². The van der Waals surface area contributed by atoms with Crippen LogP contribution in [0.4, 0.5) is 4.39 Å². The molecule has 0 aromatic heterocycles. The molecule has 3 unspecified atom stereocenters. The third-order valence-corrected chi connectivity index (χ3v) is 4.53. The van der Waals surface area contributed by atoms with Crippen LogP contribution in [0.25, 0.3) is 0 Å². The SMILES string of the molecule is N#Cc1ccc(CN2C3CCC2C(C(=O)O)C3)c(F)c1. The number of carboxylic acids is 1. The average Bonchev–Trinajstić information content (AvgIpc) is 2.98. The summed E-state index contributed by atoms with van der Waals surface area (Å²) in [5.41, 5.74) is 0.839. The number of hydrogen-bond donors (Lipinski definition) is 1. The van der Waals surface area contributed by atoms with Crippen molar-refractivity contribution in [2.45, 2.75) is 37.9 Å². The molecular formula is C15H15FN2O2. The Morgan fingerprint density at radius 2 is 2.30 bits per heavy atom. The van der Waals surface area contributed by atoms with Gasteiger partial charge < -0.3 is 5.11 Å². The molecule has 1 aromatic carbocycles. The van der Waals surface area contributed by atoms with Crippen molar-refractivity contribution >= 4 is 5.97 Å². The summed E-state index contributed by atoms with van der Waals surface area (Å²) in [5.74, 6) is -1.46. The highest BCUT2D eigenvalue weighted by atomic mass is 19.1. The van der Waals surface area contributed by atoms with Crippen LogP contribution >= 0.6 is 0 Å². The molecule has 20 heavy (non-hydrogen) atoms. The minimum atomic E-state index is -0.748. The van der Waals surface area contributed by atoms with Gasteiger partial charge in [-0.05, 0) is 31.4 Å². The van der Waals surface area contributed by atoms with Gasteiger partial charge in [0.25, 0.3) is 0 Å². The van der Waals surface area contributed by atoms with E-state index < -0.39 is 5.97 Å². The summed E-state index contributed by atoms with van der Waals surface area (Å²) in [6.45, 7) is 0.427. The van der Waals surface area contributed by atoms with Crippen LogP contribution in [0.15, 0.2) is 18.2 Å². The second kappa shape index (κ2) is 4.88. The maximum atomic E-state index is 13.9. The zero-order valence-corrected chi connectivity index (χ0v) is 10.9. The van der Waals surface area contributed by atoms with Gasteiger partial charge in [-0.1, -0.05) is 6.07 Å². The molecule has 5 heteroatoms. The van der Waals surface area contributed by atoms with Crippen molar-refractivity contribution in [3.63, 3.8) is 0 Å². The summed E-state index contributed by atoms with van der Waals surface area (Å²) in [6.07, 6.45) is 2.53. The lowest BCUT2D eigenvalue weighted by Gasteiger charge is -2.23. The first kappa shape index (κ1) is 13.1. The smallest absolute Gasteiger partial charge is 0.308 e. The quantitative estimate of drug-likeness (QED) is 0.917. The van der Waals surface area contributed by atoms with E-state index in [0.29, 0.717) is 24.1 Å². The number of rotatable bonds is 3. The molecule has 1 aromatic rings. The first-order valence-electron chi connectivity index (χ1n) is 6.77. The lowest BCUT2D eigenvalue weighted by atomic mass is 9.89. The first-order chi connectivity index (χ1) is 9.60. The number of nitriles is 1. The monoisotopic (exact) mass is 274 g/mol. The Labute approximate surface area is 116 Å².